The van der Waals surface area contributed by atoms with Crippen molar-refractivity contribution >= 4 is 11.6 Å². The van der Waals surface area contributed by atoms with E-state index in [4.69, 9.17) is 5.84 Å². The molecule has 108 valence electrons. The Hall–Kier alpha value is -1.57. The van der Waals surface area contributed by atoms with Crippen LogP contribution in [0.5, 0.6) is 0 Å². The molecule has 1 aromatic heterocycles. The molecule has 1 atom stereocenters. The second-order valence-electron chi connectivity index (χ2n) is 5.34. The third-order valence-electron chi connectivity index (χ3n) is 2.79. The summed E-state index contributed by atoms with van der Waals surface area (Å²) in [5.74, 6) is 3.87. The van der Waals surface area contributed by atoms with Crippen LogP contribution in [0.1, 0.15) is 33.5 Å². The van der Waals surface area contributed by atoms with Crippen molar-refractivity contribution in [1.82, 2.24) is 9.97 Å². The van der Waals surface area contributed by atoms with Gasteiger partial charge in [-0.1, -0.05) is 20.8 Å². The molecule has 0 aliphatic heterocycles. The van der Waals surface area contributed by atoms with Crippen molar-refractivity contribution in [2.75, 3.05) is 10.7 Å². The molecule has 0 aliphatic carbocycles. The standard InChI is InChI=1S/C11H18F3N5/c1-6(10(2,3)4)16-7-5-8(19-15)18-9(17-7)11(12,13)14/h5-6H,15H2,1-4H3,(H2,16,17,18,19). The lowest BCUT2D eigenvalue weighted by atomic mass is 9.88. The summed E-state index contributed by atoms with van der Waals surface area (Å²) in [5, 5.41) is 2.92. The Kier molecular flexibility index (Phi) is 4.24. The average molecular weight is 277 g/mol. The highest BCUT2D eigenvalue weighted by molar-refractivity contribution is 5.47. The van der Waals surface area contributed by atoms with Gasteiger partial charge in [0.1, 0.15) is 11.6 Å². The fourth-order valence-corrected chi connectivity index (χ4v) is 1.16. The first-order valence-corrected chi connectivity index (χ1v) is 5.73. The molecular weight excluding hydrogens is 259 g/mol. The minimum atomic E-state index is -4.62. The van der Waals surface area contributed by atoms with Gasteiger partial charge in [-0.15, -0.1) is 0 Å². The van der Waals surface area contributed by atoms with Gasteiger partial charge in [0, 0.05) is 12.1 Å². The minimum absolute atomic E-state index is 0.0749. The van der Waals surface area contributed by atoms with Gasteiger partial charge in [-0.2, -0.15) is 13.2 Å². The second-order valence-corrected chi connectivity index (χ2v) is 5.34. The summed E-state index contributed by atoms with van der Waals surface area (Å²) in [6.45, 7) is 7.78. The third-order valence-corrected chi connectivity index (χ3v) is 2.79. The average Bonchev–Trinajstić information content (AvgIpc) is 2.26. The number of alkyl halides is 3. The number of hydrogen-bond donors (Lipinski definition) is 3. The molecular formula is C11H18F3N5. The molecule has 1 rings (SSSR count). The first-order valence-electron chi connectivity index (χ1n) is 5.73. The van der Waals surface area contributed by atoms with Crippen molar-refractivity contribution in [2.24, 2.45) is 11.3 Å². The largest absolute Gasteiger partial charge is 0.451 e. The van der Waals surface area contributed by atoms with Crippen LogP contribution in [0.3, 0.4) is 0 Å². The number of nitrogens with two attached hydrogens (primary N) is 1. The molecule has 0 aromatic carbocycles. The molecule has 1 unspecified atom stereocenters. The summed E-state index contributed by atoms with van der Waals surface area (Å²) in [7, 11) is 0. The van der Waals surface area contributed by atoms with Crippen molar-refractivity contribution in [3.05, 3.63) is 11.9 Å². The van der Waals surface area contributed by atoms with Gasteiger partial charge in [-0.05, 0) is 12.3 Å². The van der Waals surface area contributed by atoms with E-state index >= 15 is 0 Å². The summed E-state index contributed by atoms with van der Waals surface area (Å²) < 4.78 is 37.9. The van der Waals surface area contributed by atoms with Crippen molar-refractivity contribution in [1.29, 1.82) is 0 Å². The van der Waals surface area contributed by atoms with Crippen LogP contribution in [0.15, 0.2) is 6.07 Å². The Labute approximate surface area is 109 Å². The molecule has 19 heavy (non-hydrogen) atoms. The number of halogens is 3. The van der Waals surface area contributed by atoms with E-state index in [2.05, 4.69) is 20.7 Å². The molecule has 0 saturated carbocycles. The van der Waals surface area contributed by atoms with Gasteiger partial charge in [0.05, 0.1) is 0 Å². The Balaban J connectivity index is 3.08. The summed E-state index contributed by atoms with van der Waals surface area (Å²) in [6, 6.07) is 1.26. The maximum atomic E-state index is 12.6. The zero-order valence-corrected chi connectivity index (χ0v) is 11.3. The highest BCUT2D eigenvalue weighted by atomic mass is 19.4. The molecule has 0 fully saturated rings. The molecule has 1 heterocycles. The van der Waals surface area contributed by atoms with E-state index in [0.717, 1.165) is 0 Å². The van der Waals surface area contributed by atoms with Gasteiger partial charge >= 0.3 is 6.18 Å². The van der Waals surface area contributed by atoms with Gasteiger partial charge in [0.15, 0.2) is 0 Å². The Morgan fingerprint density at radius 1 is 1.16 bits per heavy atom. The molecule has 0 aliphatic rings. The highest BCUT2D eigenvalue weighted by Gasteiger charge is 2.35. The molecule has 0 spiro atoms. The number of hydrazine groups is 1. The number of aromatic nitrogens is 2. The van der Waals surface area contributed by atoms with Gasteiger partial charge < -0.3 is 10.7 Å². The van der Waals surface area contributed by atoms with Crippen LogP contribution >= 0.6 is 0 Å². The van der Waals surface area contributed by atoms with Gasteiger partial charge in [-0.3, -0.25) is 0 Å². The lowest BCUT2D eigenvalue weighted by Crippen LogP contribution is -2.31. The quantitative estimate of drug-likeness (QED) is 0.585. The Morgan fingerprint density at radius 2 is 1.68 bits per heavy atom. The molecule has 0 saturated heterocycles. The summed E-state index contributed by atoms with van der Waals surface area (Å²) >= 11 is 0. The van der Waals surface area contributed by atoms with E-state index in [1.165, 1.54) is 6.07 Å². The topological polar surface area (TPSA) is 75.9 Å². The predicted molar refractivity (Wildman–Crippen MR) is 67.4 cm³/mol. The number of anilines is 2. The van der Waals surface area contributed by atoms with Crippen LogP contribution in [0, 0.1) is 5.41 Å². The van der Waals surface area contributed by atoms with Gasteiger partial charge in [-0.25, -0.2) is 15.8 Å². The van der Waals surface area contributed by atoms with Crippen LogP contribution in [0.2, 0.25) is 0 Å². The van der Waals surface area contributed by atoms with Crippen LogP contribution in [0.25, 0.3) is 0 Å². The lowest BCUT2D eigenvalue weighted by Gasteiger charge is -2.28. The van der Waals surface area contributed by atoms with Crippen molar-refractivity contribution in [3.63, 3.8) is 0 Å². The lowest BCUT2D eigenvalue weighted by molar-refractivity contribution is -0.144. The van der Waals surface area contributed by atoms with Crippen LogP contribution < -0.4 is 16.6 Å². The maximum absolute atomic E-state index is 12.6. The van der Waals surface area contributed by atoms with Crippen LogP contribution in [0.4, 0.5) is 24.8 Å². The maximum Gasteiger partial charge on any atom is 0.451 e. The smallest absolute Gasteiger partial charge is 0.367 e. The molecule has 4 N–H and O–H groups in total. The monoisotopic (exact) mass is 277 g/mol. The number of nitrogens with zero attached hydrogens (tertiary/aromatic N) is 2. The minimum Gasteiger partial charge on any atom is -0.367 e. The number of nitrogen functional groups attached to an aromatic ring is 1. The van der Waals surface area contributed by atoms with E-state index in [-0.39, 0.29) is 23.1 Å². The molecule has 5 nitrogen and oxygen atoms in total. The second kappa shape index (κ2) is 5.20. The summed E-state index contributed by atoms with van der Waals surface area (Å²) in [5.41, 5.74) is 1.98. The zero-order valence-electron chi connectivity index (χ0n) is 11.3. The molecule has 1 aromatic rings. The number of nitrogens with one attached hydrogen (secondary N) is 2. The Morgan fingerprint density at radius 3 is 2.11 bits per heavy atom. The fourth-order valence-electron chi connectivity index (χ4n) is 1.16. The van der Waals surface area contributed by atoms with E-state index in [1.807, 2.05) is 27.7 Å². The number of hydrogen-bond acceptors (Lipinski definition) is 5. The van der Waals surface area contributed by atoms with E-state index < -0.39 is 12.0 Å². The van der Waals surface area contributed by atoms with E-state index in [1.54, 1.807) is 0 Å². The first-order chi connectivity index (χ1) is 8.54. The third kappa shape index (κ3) is 4.23. The highest BCUT2D eigenvalue weighted by Crippen LogP contribution is 2.29. The molecule has 0 amide bonds. The molecule has 8 heteroatoms. The van der Waals surface area contributed by atoms with Crippen LogP contribution in [-0.2, 0) is 6.18 Å². The van der Waals surface area contributed by atoms with Gasteiger partial charge in [0.25, 0.3) is 0 Å². The van der Waals surface area contributed by atoms with E-state index in [9.17, 15) is 13.2 Å². The predicted octanol–water partition coefficient (Wildman–Crippen LogP) is 2.63. The molecule has 0 radical (unpaired) electrons. The van der Waals surface area contributed by atoms with Crippen molar-refractivity contribution in [2.45, 2.75) is 39.9 Å². The fraction of sp³-hybridized carbons (Fsp3) is 0.636. The summed E-state index contributed by atoms with van der Waals surface area (Å²) in [6.07, 6.45) is -4.62. The van der Waals surface area contributed by atoms with Gasteiger partial charge in [0.2, 0.25) is 5.82 Å². The molecule has 0 bridgehead atoms. The normalized spacial score (nSPS) is 14.1. The first kappa shape index (κ1) is 15.5. The Bertz CT molecular complexity index is 439. The van der Waals surface area contributed by atoms with Crippen molar-refractivity contribution in [3.8, 4) is 0 Å². The zero-order chi connectivity index (χ0) is 14.8. The van der Waals surface area contributed by atoms with E-state index in [0.29, 0.717) is 0 Å². The number of rotatable bonds is 3. The summed E-state index contributed by atoms with van der Waals surface area (Å²) in [4.78, 5) is 6.74. The van der Waals surface area contributed by atoms with Crippen molar-refractivity contribution < 1.29 is 13.2 Å². The SMILES string of the molecule is CC(Nc1cc(NN)nc(C(F)(F)F)n1)C(C)(C)C. The van der Waals surface area contributed by atoms with Crippen LogP contribution in [-0.4, -0.2) is 16.0 Å².